The number of furan rings is 1. The summed E-state index contributed by atoms with van der Waals surface area (Å²) < 4.78 is 10.1. The van der Waals surface area contributed by atoms with Crippen LogP contribution in [0.3, 0.4) is 0 Å². The van der Waals surface area contributed by atoms with Crippen molar-refractivity contribution in [3.63, 3.8) is 0 Å². The molecule has 1 saturated heterocycles. The number of nitro groups is 1. The van der Waals surface area contributed by atoms with Gasteiger partial charge in [0.1, 0.15) is 28.9 Å². The molecule has 0 radical (unpaired) electrons. The maximum absolute atomic E-state index is 11.1. The van der Waals surface area contributed by atoms with E-state index in [4.69, 9.17) is 14.3 Å². The Morgan fingerprint density at radius 2 is 2.00 bits per heavy atom. The van der Waals surface area contributed by atoms with E-state index in [1.807, 2.05) is 0 Å². The molecule has 0 amide bonds. The maximum atomic E-state index is 11.1. The van der Waals surface area contributed by atoms with E-state index in [9.17, 15) is 30.2 Å². The second-order valence-corrected chi connectivity index (χ2v) is 6.22. The molecule has 5 unspecified atom stereocenters. The van der Waals surface area contributed by atoms with E-state index in [1.165, 1.54) is 17.5 Å². The van der Waals surface area contributed by atoms with Gasteiger partial charge in [-0.3, -0.25) is 10.1 Å². The summed E-state index contributed by atoms with van der Waals surface area (Å²) in [6.45, 7) is 0. The number of ether oxygens (including phenoxy) is 1. The molecule has 2 aromatic rings. The molecule has 12 nitrogen and oxygen atoms in total. The molecule has 5 atom stereocenters. The number of hydrogen-bond donors (Lipinski definition) is 5. The number of carboxylic acids is 1. The molecule has 13 heteroatoms. The Morgan fingerprint density at radius 3 is 2.62 bits per heavy atom. The van der Waals surface area contributed by atoms with Crippen LogP contribution in [-0.2, 0) is 9.53 Å². The Labute approximate surface area is 148 Å². The normalized spacial score (nSPS) is 28.7. The molecule has 0 aliphatic carbocycles. The highest BCUT2D eigenvalue weighted by molar-refractivity contribution is 7.14. The Balaban J connectivity index is 1.75. The van der Waals surface area contributed by atoms with Gasteiger partial charge in [-0.15, -0.1) is 11.3 Å². The number of aromatic nitrogens is 1. The summed E-state index contributed by atoms with van der Waals surface area (Å²) in [7, 11) is 0. The number of anilines is 1. The predicted molar refractivity (Wildman–Crippen MR) is 84.4 cm³/mol. The molecule has 1 aliphatic rings. The molecule has 3 heterocycles. The topological polar surface area (TPSA) is 188 Å². The summed E-state index contributed by atoms with van der Waals surface area (Å²) in [6.07, 6.45) is -8.24. The monoisotopic (exact) mass is 387 g/mol. The van der Waals surface area contributed by atoms with E-state index in [1.54, 1.807) is 0 Å². The van der Waals surface area contributed by atoms with Crippen LogP contribution in [-0.4, -0.2) is 66.9 Å². The first-order valence-corrected chi connectivity index (χ1v) is 8.05. The van der Waals surface area contributed by atoms with E-state index in [0.29, 0.717) is 0 Å². The Hall–Kier alpha value is -2.58. The van der Waals surface area contributed by atoms with Crippen LogP contribution in [0.1, 0.15) is 0 Å². The third kappa shape index (κ3) is 3.38. The van der Waals surface area contributed by atoms with Gasteiger partial charge in [-0.05, 0) is 6.07 Å². The number of carboxylic acid groups (broad SMARTS) is 1. The molecule has 0 saturated carbocycles. The van der Waals surface area contributed by atoms with E-state index in [-0.39, 0.29) is 16.6 Å². The van der Waals surface area contributed by atoms with E-state index < -0.39 is 47.4 Å². The SMILES string of the molecule is O=C(O)C1OC(Nc2nc(-c3ccc([N+](=O)[O-])o3)cs2)C(O)C(O)C1O. The number of thiazole rings is 1. The van der Waals surface area contributed by atoms with Crippen molar-refractivity contribution in [3.05, 3.63) is 27.6 Å². The van der Waals surface area contributed by atoms with Crippen LogP contribution in [0.4, 0.5) is 11.0 Å². The number of hydrogen-bond acceptors (Lipinski definition) is 11. The van der Waals surface area contributed by atoms with Gasteiger partial charge in [0.05, 0.1) is 6.07 Å². The van der Waals surface area contributed by atoms with Crippen LogP contribution < -0.4 is 5.32 Å². The van der Waals surface area contributed by atoms with Crippen LogP contribution >= 0.6 is 11.3 Å². The van der Waals surface area contributed by atoms with Gasteiger partial charge in [-0.2, -0.15) is 0 Å². The zero-order valence-electron chi connectivity index (χ0n) is 12.8. The zero-order valence-corrected chi connectivity index (χ0v) is 13.6. The molecule has 1 fully saturated rings. The Morgan fingerprint density at radius 1 is 1.27 bits per heavy atom. The van der Waals surface area contributed by atoms with Gasteiger partial charge < -0.3 is 34.9 Å². The van der Waals surface area contributed by atoms with Crippen molar-refractivity contribution < 1.29 is 39.3 Å². The molecule has 1 aliphatic heterocycles. The largest absolute Gasteiger partial charge is 0.479 e. The fourth-order valence-corrected chi connectivity index (χ4v) is 3.07. The third-order valence-electron chi connectivity index (χ3n) is 3.65. The molecule has 26 heavy (non-hydrogen) atoms. The van der Waals surface area contributed by atoms with Gasteiger partial charge in [0.15, 0.2) is 23.2 Å². The highest BCUT2D eigenvalue weighted by Gasteiger charge is 2.47. The number of nitrogens with one attached hydrogen (secondary N) is 1. The summed E-state index contributed by atoms with van der Waals surface area (Å²) in [5.74, 6) is -1.81. The van der Waals surface area contributed by atoms with Crippen LogP contribution in [0.2, 0.25) is 0 Å². The van der Waals surface area contributed by atoms with Crippen molar-refractivity contribution in [2.24, 2.45) is 0 Å². The Bertz CT molecular complexity index is 821. The van der Waals surface area contributed by atoms with Gasteiger partial charge in [-0.1, -0.05) is 0 Å². The second-order valence-electron chi connectivity index (χ2n) is 5.36. The first kappa shape index (κ1) is 18.2. The van der Waals surface area contributed by atoms with E-state index >= 15 is 0 Å². The van der Waals surface area contributed by atoms with Gasteiger partial charge in [0, 0.05) is 5.38 Å². The lowest BCUT2D eigenvalue weighted by Gasteiger charge is -2.38. The minimum Gasteiger partial charge on any atom is -0.479 e. The first-order chi connectivity index (χ1) is 12.3. The van der Waals surface area contributed by atoms with E-state index in [2.05, 4.69) is 10.3 Å². The summed E-state index contributed by atoms with van der Waals surface area (Å²) in [4.78, 5) is 25.1. The van der Waals surface area contributed by atoms with Crippen molar-refractivity contribution in [2.75, 3.05) is 5.32 Å². The summed E-state index contributed by atoms with van der Waals surface area (Å²) in [6, 6.07) is 2.54. The summed E-state index contributed by atoms with van der Waals surface area (Å²) >= 11 is 1.03. The molecule has 2 aromatic heterocycles. The van der Waals surface area contributed by atoms with Crippen molar-refractivity contribution in [3.8, 4) is 11.5 Å². The smallest absolute Gasteiger partial charge is 0.433 e. The minimum atomic E-state index is -1.80. The predicted octanol–water partition coefficient (Wildman–Crippen LogP) is -0.385. The van der Waals surface area contributed by atoms with E-state index in [0.717, 1.165) is 11.3 Å². The number of aliphatic hydroxyl groups excluding tert-OH is 3. The third-order valence-corrected chi connectivity index (χ3v) is 4.42. The first-order valence-electron chi connectivity index (χ1n) is 7.17. The highest BCUT2D eigenvalue weighted by atomic mass is 32.1. The molecular formula is C13H13N3O9S. The number of rotatable bonds is 5. The second kappa shape index (κ2) is 6.97. The number of nitrogens with zero attached hydrogens (tertiary/aromatic N) is 2. The number of aliphatic carboxylic acids is 1. The minimum absolute atomic E-state index is 0.144. The highest BCUT2D eigenvalue weighted by Crippen LogP contribution is 2.30. The fourth-order valence-electron chi connectivity index (χ4n) is 2.34. The lowest BCUT2D eigenvalue weighted by atomic mass is 9.98. The average Bonchev–Trinajstić information content (AvgIpc) is 3.24. The van der Waals surface area contributed by atoms with Crippen molar-refractivity contribution >= 4 is 28.3 Å². The fraction of sp³-hybridized carbons (Fsp3) is 0.385. The van der Waals surface area contributed by atoms with Crippen LogP contribution in [0.25, 0.3) is 11.5 Å². The lowest BCUT2D eigenvalue weighted by molar-refractivity contribution is -0.401. The van der Waals surface area contributed by atoms with Crippen molar-refractivity contribution in [2.45, 2.75) is 30.6 Å². The van der Waals surface area contributed by atoms with Crippen molar-refractivity contribution in [1.82, 2.24) is 4.98 Å². The van der Waals surface area contributed by atoms with Crippen LogP contribution in [0.15, 0.2) is 21.9 Å². The zero-order chi connectivity index (χ0) is 19.0. The van der Waals surface area contributed by atoms with Crippen molar-refractivity contribution in [1.29, 1.82) is 0 Å². The lowest BCUT2D eigenvalue weighted by Crippen LogP contribution is -2.61. The van der Waals surface area contributed by atoms with Gasteiger partial charge in [-0.25, -0.2) is 9.78 Å². The van der Waals surface area contributed by atoms with Gasteiger partial charge in [0.25, 0.3) is 0 Å². The van der Waals surface area contributed by atoms with Gasteiger partial charge in [0.2, 0.25) is 0 Å². The maximum Gasteiger partial charge on any atom is 0.433 e. The molecular weight excluding hydrogens is 374 g/mol. The molecule has 140 valence electrons. The average molecular weight is 387 g/mol. The molecule has 0 spiro atoms. The summed E-state index contributed by atoms with van der Waals surface area (Å²) in [5, 5.41) is 53.3. The molecule has 5 N–H and O–H groups in total. The summed E-state index contributed by atoms with van der Waals surface area (Å²) in [5.41, 5.74) is 0.270. The molecule has 0 aromatic carbocycles. The Kier molecular flexibility index (Phi) is 4.88. The quantitative estimate of drug-likeness (QED) is 0.332. The molecule has 0 bridgehead atoms. The van der Waals surface area contributed by atoms with Gasteiger partial charge >= 0.3 is 11.9 Å². The molecule has 3 rings (SSSR count). The van der Waals surface area contributed by atoms with Crippen LogP contribution in [0.5, 0.6) is 0 Å². The number of carbonyl (C=O) groups is 1. The number of aliphatic hydroxyl groups is 3. The van der Waals surface area contributed by atoms with Crippen LogP contribution in [0, 0.1) is 10.1 Å². The standard InChI is InChI=1S/C13H13N3O9S/c17-7-8(18)10(12(20)21)25-11(9(7)19)15-13-14-4(3-26-13)5-1-2-6(24-5)16(22)23/h1-3,7-11,17-19H,(H,14,15)(H,20,21).